The van der Waals surface area contributed by atoms with E-state index in [1.807, 2.05) is 31.2 Å². The first-order chi connectivity index (χ1) is 10.5. The largest absolute Gasteiger partial charge is 0.355 e. The zero-order chi connectivity index (χ0) is 16.5. The Morgan fingerprint density at radius 3 is 2.55 bits per heavy atom. The second-order valence-corrected chi connectivity index (χ2v) is 6.69. The predicted molar refractivity (Wildman–Crippen MR) is 94.4 cm³/mol. The van der Waals surface area contributed by atoms with Gasteiger partial charge in [-0.25, -0.2) is 0 Å². The number of anilines is 1. The highest BCUT2D eigenvalue weighted by atomic mass is 79.9. The molecule has 5 heteroatoms. The summed E-state index contributed by atoms with van der Waals surface area (Å²) >= 11 is 3.34. The van der Waals surface area contributed by atoms with Crippen molar-refractivity contribution in [3.8, 4) is 0 Å². The summed E-state index contributed by atoms with van der Waals surface area (Å²) in [6.07, 6.45) is 2.00. The van der Waals surface area contributed by atoms with Gasteiger partial charge in [0.05, 0.1) is 4.83 Å². The molecule has 0 spiro atoms. The number of carbonyl (C=O) groups excluding carboxylic acids is 2. The van der Waals surface area contributed by atoms with Crippen molar-refractivity contribution in [1.29, 1.82) is 0 Å². The average molecular weight is 369 g/mol. The minimum atomic E-state index is -0.178. The zero-order valence-electron chi connectivity index (χ0n) is 13.5. The Balaban J connectivity index is 2.43. The third-order valence-corrected chi connectivity index (χ3v) is 4.21. The Morgan fingerprint density at radius 2 is 1.91 bits per heavy atom. The van der Waals surface area contributed by atoms with Gasteiger partial charge in [-0.2, -0.15) is 0 Å². The Hall–Kier alpha value is -1.36. The van der Waals surface area contributed by atoms with Gasteiger partial charge < -0.3 is 10.6 Å². The van der Waals surface area contributed by atoms with Crippen LogP contribution in [0.15, 0.2) is 24.3 Å². The molecule has 1 aromatic rings. The first kappa shape index (κ1) is 18.7. The molecule has 0 aliphatic rings. The SMILES string of the molecule is CCC[C@H](Br)C(=O)NCCC(=O)Nc1ccccc1C(C)C. The molecule has 0 fully saturated rings. The molecule has 0 saturated heterocycles. The highest BCUT2D eigenvalue weighted by Crippen LogP contribution is 2.23. The molecule has 1 atom stereocenters. The normalized spacial score (nSPS) is 12.0. The van der Waals surface area contributed by atoms with Gasteiger partial charge >= 0.3 is 0 Å². The Morgan fingerprint density at radius 1 is 1.23 bits per heavy atom. The van der Waals surface area contributed by atoms with Gasteiger partial charge in [-0.1, -0.05) is 61.3 Å². The number of carbonyl (C=O) groups is 2. The maximum Gasteiger partial charge on any atom is 0.233 e. The van der Waals surface area contributed by atoms with E-state index in [4.69, 9.17) is 0 Å². The molecule has 0 bridgehead atoms. The number of halogens is 1. The molecule has 1 rings (SSSR count). The molecule has 1 aromatic carbocycles. The Kier molecular flexibility index (Phi) is 8.17. The molecule has 122 valence electrons. The van der Waals surface area contributed by atoms with Crippen LogP contribution in [-0.4, -0.2) is 23.2 Å². The van der Waals surface area contributed by atoms with Crippen LogP contribution in [0.2, 0.25) is 0 Å². The van der Waals surface area contributed by atoms with E-state index in [2.05, 4.69) is 40.4 Å². The molecule has 2 N–H and O–H groups in total. The van der Waals surface area contributed by atoms with Gasteiger partial charge in [-0.15, -0.1) is 0 Å². The number of rotatable bonds is 8. The highest BCUT2D eigenvalue weighted by molar-refractivity contribution is 9.10. The predicted octanol–water partition coefficient (Wildman–Crippen LogP) is 3.82. The van der Waals surface area contributed by atoms with E-state index in [1.54, 1.807) is 0 Å². The quantitative estimate of drug-likeness (QED) is 0.685. The van der Waals surface area contributed by atoms with Crippen LogP contribution in [0.4, 0.5) is 5.69 Å². The van der Waals surface area contributed by atoms with E-state index in [1.165, 1.54) is 0 Å². The lowest BCUT2D eigenvalue weighted by Crippen LogP contribution is -2.33. The maximum absolute atomic E-state index is 12.0. The number of hydrogen-bond donors (Lipinski definition) is 2. The second kappa shape index (κ2) is 9.62. The zero-order valence-corrected chi connectivity index (χ0v) is 15.1. The van der Waals surface area contributed by atoms with E-state index in [9.17, 15) is 9.59 Å². The molecular formula is C17H25BrN2O2. The van der Waals surface area contributed by atoms with E-state index in [-0.39, 0.29) is 23.1 Å². The average Bonchev–Trinajstić information content (AvgIpc) is 2.47. The van der Waals surface area contributed by atoms with Crippen LogP contribution in [-0.2, 0) is 9.59 Å². The molecule has 0 radical (unpaired) electrons. The fourth-order valence-electron chi connectivity index (χ4n) is 2.12. The lowest BCUT2D eigenvalue weighted by molar-refractivity contribution is -0.120. The lowest BCUT2D eigenvalue weighted by Gasteiger charge is -2.14. The van der Waals surface area contributed by atoms with Crippen LogP contribution < -0.4 is 10.6 Å². The summed E-state index contributed by atoms with van der Waals surface area (Å²) in [5, 5.41) is 5.69. The van der Waals surface area contributed by atoms with Crippen molar-refractivity contribution in [3.63, 3.8) is 0 Å². The van der Waals surface area contributed by atoms with Gasteiger partial charge in [0.1, 0.15) is 0 Å². The van der Waals surface area contributed by atoms with Crippen LogP contribution in [0.5, 0.6) is 0 Å². The molecule has 0 aliphatic heterocycles. The van der Waals surface area contributed by atoms with Crippen molar-refractivity contribution in [3.05, 3.63) is 29.8 Å². The van der Waals surface area contributed by atoms with Crippen molar-refractivity contribution in [2.24, 2.45) is 0 Å². The van der Waals surface area contributed by atoms with Gasteiger partial charge in [0.25, 0.3) is 0 Å². The molecule has 0 heterocycles. The number of para-hydroxylation sites is 1. The molecule has 22 heavy (non-hydrogen) atoms. The van der Waals surface area contributed by atoms with Crippen LogP contribution >= 0.6 is 15.9 Å². The third kappa shape index (κ3) is 6.18. The Labute approximate surface area is 141 Å². The van der Waals surface area contributed by atoms with Crippen molar-refractivity contribution in [2.75, 3.05) is 11.9 Å². The summed E-state index contributed by atoms with van der Waals surface area (Å²) in [4.78, 5) is 23.5. The summed E-state index contributed by atoms with van der Waals surface area (Å²) in [6, 6.07) is 7.79. The summed E-state index contributed by atoms with van der Waals surface area (Å²) in [6.45, 7) is 6.56. The van der Waals surface area contributed by atoms with Crippen LogP contribution in [0.3, 0.4) is 0 Å². The van der Waals surface area contributed by atoms with Crippen LogP contribution in [0, 0.1) is 0 Å². The topological polar surface area (TPSA) is 58.2 Å². The number of amides is 2. The van der Waals surface area contributed by atoms with Gasteiger partial charge in [0, 0.05) is 18.7 Å². The van der Waals surface area contributed by atoms with Gasteiger partial charge in [0.15, 0.2) is 0 Å². The van der Waals surface area contributed by atoms with Crippen molar-refractivity contribution in [1.82, 2.24) is 5.32 Å². The van der Waals surface area contributed by atoms with Crippen molar-refractivity contribution in [2.45, 2.75) is 50.8 Å². The number of hydrogen-bond acceptors (Lipinski definition) is 2. The lowest BCUT2D eigenvalue weighted by atomic mass is 10.0. The molecule has 4 nitrogen and oxygen atoms in total. The fourth-order valence-corrected chi connectivity index (χ4v) is 2.74. The van der Waals surface area contributed by atoms with E-state index >= 15 is 0 Å². The molecule has 0 aliphatic carbocycles. The van der Waals surface area contributed by atoms with Crippen molar-refractivity contribution < 1.29 is 9.59 Å². The fraction of sp³-hybridized carbons (Fsp3) is 0.529. The molecular weight excluding hydrogens is 344 g/mol. The number of nitrogens with one attached hydrogen (secondary N) is 2. The molecule has 0 saturated carbocycles. The monoisotopic (exact) mass is 368 g/mol. The van der Waals surface area contributed by atoms with Gasteiger partial charge in [0.2, 0.25) is 11.8 Å². The number of alkyl halides is 1. The summed E-state index contributed by atoms with van der Waals surface area (Å²) < 4.78 is 0. The maximum atomic E-state index is 12.0. The second-order valence-electron chi connectivity index (χ2n) is 5.59. The Bertz CT molecular complexity index is 503. The molecule has 0 aromatic heterocycles. The van der Waals surface area contributed by atoms with E-state index < -0.39 is 0 Å². The first-order valence-electron chi connectivity index (χ1n) is 7.76. The summed E-state index contributed by atoms with van der Waals surface area (Å²) in [7, 11) is 0. The van der Waals surface area contributed by atoms with E-state index in [0.717, 1.165) is 24.1 Å². The van der Waals surface area contributed by atoms with Crippen LogP contribution in [0.1, 0.15) is 51.5 Å². The highest BCUT2D eigenvalue weighted by Gasteiger charge is 2.14. The van der Waals surface area contributed by atoms with Crippen molar-refractivity contribution >= 4 is 33.4 Å². The summed E-state index contributed by atoms with van der Waals surface area (Å²) in [5.41, 5.74) is 1.96. The van der Waals surface area contributed by atoms with Gasteiger partial charge in [-0.05, 0) is 24.0 Å². The van der Waals surface area contributed by atoms with Gasteiger partial charge in [-0.3, -0.25) is 9.59 Å². The minimum absolute atomic E-state index is 0.0581. The first-order valence-corrected chi connectivity index (χ1v) is 8.67. The molecule has 2 amide bonds. The standard InChI is InChI=1S/C17H25BrN2O2/c1-4-7-14(18)17(22)19-11-10-16(21)20-15-9-6-5-8-13(15)12(2)3/h5-6,8-9,12,14H,4,7,10-11H2,1-3H3,(H,19,22)(H,20,21)/t14-/m0/s1. The molecule has 0 unspecified atom stereocenters. The third-order valence-electron chi connectivity index (χ3n) is 3.33. The smallest absolute Gasteiger partial charge is 0.233 e. The van der Waals surface area contributed by atoms with Crippen LogP contribution in [0.25, 0.3) is 0 Å². The number of benzene rings is 1. The summed E-state index contributed by atoms with van der Waals surface area (Å²) in [5.74, 6) is 0.201. The van der Waals surface area contributed by atoms with E-state index in [0.29, 0.717) is 12.5 Å². The minimum Gasteiger partial charge on any atom is -0.355 e.